The number of hydrogen-bond acceptors (Lipinski definition) is 2. The highest BCUT2D eigenvalue weighted by atomic mass is 16.3. The lowest BCUT2D eigenvalue weighted by Gasteiger charge is -2.29. The third kappa shape index (κ3) is 4.06. The third-order valence-corrected chi connectivity index (χ3v) is 4.10. The molecule has 2 heteroatoms. The van der Waals surface area contributed by atoms with Gasteiger partial charge in [-0.3, -0.25) is 0 Å². The molecule has 2 atom stereocenters. The highest BCUT2D eigenvalue weighted by Crippen LogP contribution is 2.29. The van der Waals surface area contributed by atoms with E-state index in [4.69, 9.17) is 0 Å². The van der Waals surface area contributed by atoms with Crippen LogP contribution in [0.4, 0.5) is 0 Å². The third-order valence-electron chi connectivity index (χ3n) is 4.10. The van der Waals surface area contributed by atoms with Crippen molar-refractivity contribution in [1.29, 1.82) is 0 Å². The molecule has 16 heavy (non-hydrogen) atoms. The van der Waals surface area contributed by atoms with Gasteiger partial charge in [-0.05, 0) is 31.6 Å². The second-order valence-corrected chi connectivity index (χ2v) is 5.59. The standard InChI is InChI=1S/C14H29NO/c1-4-8-12(3)13(5-2)15-11-14(16)9-6-7-10-14/h12-13,15-16H,4-11H2,1-3H3. The summed E-state index contributed by atoms with van der Waals surface area (Å²) in [5.74, 6) is 0.722. The van der Waals surface area contributed by atoms with Crippen molar-refractivity contribution in [3.05, 3.63) is 0 Å². The molecule has 1 rings (SSSR count). The minimum atomic E-state index is -0.403. The maximum Gasteiger partial charge on any atom is 0.0771 e. The summed E-state index contributed by atoms with van der Waals surface area (Å²) in [6.07, 6.45) is 8.06. The van der Waals surface area contributed by atoms with Crippen LogP contribution in [-0.4, -0.2) is 23.3 Å². The molecule has 0 aliphatic heterocycles. The fraction of sp³-hybridized carbons (Fsp3) is 1.00. The van der Waals surface area contributed by atoms with Crippen LogP contribution in [-0.2, 0) is 0 Å². The molecule has 0 saturated heterocycles. The van der Waals surface area contributed by atoms with Crippen LogP contribution in [0.2, 0.25) is 0 Å². The predicted molar refractivity (Wildman–Crippen MR) is 69.6 cm³/mol. The van der Waals surface area contributed by atoms with Crippen LogP contribution in [0.5, 0.6) is 0 Å². The Morgan fingerprint density at radius 3 is 2.38 bits per heavy atom. The molecule has 0 aromatic rings. The maximum absolute atomic E-state index is 10.3. The summed E-state index contributed by atoms with van der Waals surface area (Å²) in [6, 6.07) is 0.574. The zero-order valence-corrected chi connectivity index (χ0v) is 11.3. The lowest BCUT2D eigenvalue weighted by atomic mass is 9.93. The molecule has 0 radical (unpaired) electrons. The van der Waals surface area contributed by atoms with Crippen LogP contribution >= 0.6 is 0 Å². The Balaban J connectivity index is 2.32. The van der Waals surface area contributed by atoms with Crippen LogP contribution in [0.15, 0.2) is 0 Å². The summed E-state index contributed by atoms with van der Waals surface area (Å²) >= 11 is 0. The lowest BCUT2D eigenvalue weighted by molar-refractivity contribution is 0.0424. The van der Waals surface area contributed by atoms with Crippen LogP contribution in [0.3, 0.4) is 0 Å². The van der Waals surface area contributed by atoms with E-state index >= 15 is 0 Å². The van der Waals surface area contributed by atoms with Crippen molar-refractivity contribution < 1.29 is 5.11 Å². The van der Waals surface area contributed by atoms with Crippen molar-refractivity contribution in [3.63, 3.8) is 0 Å². The van der Waals surface area contributed by atoms with Gasteiger partial charge >= 0.3 is 0 Å². The van der Waals surface area contributed by atoms with Gasteiger partial charge < -0.3 is 10.4 Å². The SMILES string of the molecule is CCCC(C)C(CC)NCC1(O)CCCC1. The van der Waals surface area contributed by atoms with Gasteiger partial charge in [-0.1, -0.05) is 40.0 Å². The van der Waals surface area contributed by atoms with E-state index in [-0.39, 0.29) is 0 Å². The van der Waals surface area contributed by atoms with Crippen molar-refractivity contribution in [2.45, 2.75) is 77.4 Å². The van der Waals surface area contributed by atoms with E-state index < -0.39 is 5.60 Å². The zero-order chi connectivity index (χ0) is 12.0. The molecular formula is C14H29NO. The molecule has 0 aromatic heterocycles. The maximum atomic E-state index is 10.3. The van der Waals surface area contributed by atoms with E-state index in [1.54, 1.807) is 0 Å². The Morgan fingerprint density at radius 2 is 1.88 bits per heavy atom. The Hall–Kier alpha value is -0.0800. The molecule has 0 amide bonds. The Bertz CT molecular complexity index is 187. The van der Waals surface area contributed by atoms with Crippen LogP contribution in [0, 0.1) is 5.92 Å². The normalized spacial score (nSPS) is 23.2. The quantitative estimate of drug-likeness (QED) is 0.700. The second-order valence-electron chi connectivity index (χ2n) is 5.59. The minimum absolute atomic E-state index is 0.403. The van der Waals surface area contributed by atoms with Gasteiger partial charge in [-0.25, -0.2) is 0 Å². The largest absolute Gasteiger partial charge is 0.389 e. The first-order valence-electron chi connectivity index (χ1n) is 7.07. The average Bonchev–Trinajstić information content (AvgIpc) is 2.67. The summed E-state index contributed by atoms with van der Waals surface area (Å²) in [4.78, 5) is 0. The van der Waals surface area contributed by atoms with Gasteiger partial charge in [0.15, 0.2) is 0 Å². The monoisotopic (exact) mass is 227 g/mol. The van der Waals surface area contributed by atoms with E-state index in [2.05, 4.69) is 26.1 Å². The smallest absolute Gasteiger partial charge is 0.0771 e. The van der Waals surface area contributed by atoms with Crippen LogP contribution < -0.4 is 5.32 Å². The van der Waals surface area contributed by atoms with Gasteiger partial charge in [0.05, 0.1) is 5.60 Å². The molecule has 2 nitrogen and oxygen atoms in total. The van der Waals surface area contributed by atoms with Gasteiger partial charge in [0.2, 0.25) is 0 Å². The van der Waals surface area contributed by atoms with Gasteiger partial charge in [0.25, 0.3) is 0 Å². The van der Waals surface area contributed by atoms with E-state index in [1.807, 2.05) is 0 Å². The van der Waals surface area contributed by atoms with Crippen LogP contribution in [0.1, 0.15) is 65.7 Å². The van der Waals surface area contributed by atoms with E-state index in [1.165, 1.54) is 25.7 Å². The summed E-state index contributed by atoms with van der Waals surface area (Å²) in [7, 11) is 0. The molecule has 1 aliphatic rings. The van der Waals surface area contributed by atoms with E-state index in [0.29, 0.717) is 6.04 Å². The minimum Gasteiger partial charge on any atom is -0.389 e. The van der Waals surface area contributed by atoms with Gasteiger partial charge in [-0.2, -0.15) is 0 Å². The predicted octanol–water partition coefficient (Wildman–Crippen LogP) is 3.10. The van der Waals surface area contributed by atoms with Crippen molar-refractivity contribution in [3.8, 4) is 0 Å². The molecule has 2 unspecified atom stereocenters. The van der Waals surface area contributed by atoms with Crippen molar-refractivity contribution in [2.75, 3.05) is 6.54 Å². The van der Waals surface area contributed by atoms with E-state index in [9.17, 15) is 5.11 Å². The van der Waals surface area contributed by atoms with Gasteiger partial charge in [-0.15, -0.1) is 0 Å². The van der Waals surface area contributed by atoms with Crippen molar-refractivity contribution >= 4 is 0 Å². The van der Waals surface area contributed by atoms with Gasteiger partial charge in [0, 0.05) is 12.6 Å². The zero-order valence-electron chi connectivity index (χ0n) is 11.3. The van der Waals surface area contributed by atoms with Crippen molar-refractivity contribution in [2.24, 2.45) is 5.92 Å². The van der Waals surface area contributed by atoms with E-state index in [0.717, 1.165) is 31.7 Å². The average molecular weight is 227 g/mol. The fourth-order valence-electron chi connectivity index (χ4n) is 2.94. The van der Waals surface area contributed by atoms with Crippen LogP contribution in [0.25, 0.3) is 0 Å². The summed E-state index contributed by atoms with van der Waals surface area (Å²) in [5.41, 5.74) is -0.403. The van der Waals surface area contributed by atoms with Crippen molar-refractivity contribution in [1.82, 2.24) is 5.32 Å². The molecule has 0 aromatic carbocycles. The molecule has 0 heterocycles. The molecule has 0 bridgehead atoms. The molecule has 1 saturated carbocycles. The second kappa shape index (κ2) is 6.61. The molecule has 0 spiro atoms. The number of nitrogens with one attached hydrogen (secondary N) is 1. The number of aliphatic hydroxyl groups is 1. The highest BCUT2D eigenvalue weighted by Gasteiger charge is 2.31. The lowest BCUT2D eigenvalue weighted by Crippen LogP contribution is -2.44. The molecule has 1 aliphatic carbocycles. The molecule has 1 fully saturated rings. The highest BCUT2D eigenvalue weighted by molar-refractivity contribution is 4.88. The molecular weight excluding hydrogens is 198 g/mol. The van der Waals surface area contributed by atoms with Gasteiger partial charge in [0.1, 0.15) is 0 Å². The summed E-state index contributed by atoms with van der Waals surface area (Å²) in [6.45, 7) is 7.60. The summed E-state index contributed by atoms with van der Waals surface area (Å²) in [5, 5.41) is 13.9. The topological polar surface area (TPSA) is 32.3 Å². The number of hydrogen-bond donors (Lipinski definition) is 2. The Kier molecular flexibility index (Phi) is 5.77. The Morgan fingerprint density at radius 1 is 1.25 bits per heavy atom. The first-order valence-corrected chi connectivity index (χ1v) is 7.07. The number of rotatable bonds is 7. The molecule has 96 valence electrons. The first-order chi connectivity index (χ1) is 7.61. The summed E-state index contributed by atoms with van der Waals surface area (Å²) < 4.78 is 0. The fourth-order valence-corrected chi connectivity index (χ4v) is 2.94. The first kappa shape index (κ1) is 14.0. The Labute approximate surface area is 101 Å². The molecule has 2 N–H and O–H groups in total.